The van der Waals surface area contributed by atoms with Gasteiger partial charge < -0.3 is 5.11 Å². The number of aliphatic carboxylic acids is 1. The number of halogens is 2. The minimum Gasteiger partial charge on any atom is -0.480 e. The first-order valence-electron chi connectivity index (χ1n) is 3.73. The number of hydrogen-bond donors (Lipinski definition) is 1. The van der Waals surface area contributed by atoms with Gasteiger partial charge in [-0.05, 0) is 0 Å². The molecule has 8 heteroatoms. The second-order valence-electron chi connectivity index (χ2n) is 2.71. The number of carboxylic acids is 1. The fourth-order valence-corrected chi connectivity index (χ4v) is 1.38. The summed E-state index contributed by atoms with van der Waals surface area (Å²) >= 11 is 10.9. The molecule has 1 N–H and O–H groups in total. The van der Waals surface area contributed by atoms with Crippen LogP contribution < -0.4 is 11.1 Å². The van der Waals surface area contributed by atoms with Gasteiger partial charge in [-0.1, -0.05) is 23.2 Å². The maximum atomic E-state index is 11.4. The van der Waals surface area contributed by atoms with E-state index in [1.54, 1.807) is 0 Å². The molecule has 1 aromatic heterocycles. The Morgan fingerprint density at radius 2 is 1.73 bits per heavy atom. The lowest BCUT2D eigenvalue weighted by atomic mass is 10.5. The average Bonchev–Trinajstić information content (AvgIpc) is 2.18. The molecular formula is C7H6Cl2N2O4. The molecule has 0 fully saturated rings. The fourth-order valence-electron chi connectivity index (χ4n) is 0.995. The van der Waals surface area contributed by atoms with Crippen molar-refractivity contribution in [2.24, 2.45) is 7.05 Å². The molecular weight excluding hydrogens is 247 g/mol. The Balaban J connectivity index is 3.60. The summed E-state index contributed by atoms with van der Waals surface area (Å²) in [5.74, 6) is -1.26. The smallest absolute Gasteiger partial charge is 0.325 e. The van der Waals surface area contributed by atoms with Gasteiger partial charge in [-0.2, -0.15) is 0 Å². The predicted octanol–water partition coefficient (Wildman–Crippen LogP) is -0.0616. The number of nitrogens with zero attached hydrogens (tertiary/aromatic N) is 2. The standard InChI is InChI=1S/C7H6Cl2N2O4/c1-10-6(14)4(8)5(9)7(15)11(10)2-3(12)13/h2H2,1H3,(H,12,13). The van der Waals surface area contributed by atoms with Crippen LogP contribution in [0.25, 0.3) is 0 Å². The highest BCUT2D eigenvalue weighted by atomic mass is 35.5. The van der Waals surface area contributed by atoms with Crippen molar-refractivity contribution in [3.05, 3.63) is 30.8 Å². The van der Waals surface area contributed by atoms with E-state index in [2.05, 4.69) is 0 Å². The highest BCUT2D eigenvalue weighted by molar-refractivity contribution is 6.41. The van der Waals surface area contributed by atoms with Crippen molar-refractivity contribution in [1.29, 1.82) is 0 Å². The summed E-state index contributed by atoms with van der Waals surface area (Å²) in [7, 11) is 1.23. The van der Waals surface area contributed by atoms with E-state index in [1.807, 2.05) is 0 Å². The van der Waals surface area contributed by atoms with Crippen LogP contribution in [0.5, 0.6) is 0 Å². The Hall–Kier alpha value is -1.27. The molecule has 82 valence electrons. The fraction of sp³-hybridized carbons (Fsp3) is 0.286. The molecule has 0 saturated heterocycles. The van der Waals surface area contributed by atoms with Gasteiger partial charge in [0.1, 0.15) is 16.6 Å². The highest BCUT2D eigenvalue weighted by Gasteiger charge is 2.15. The zero-order chi connectivity index (χ0) is 11.7. The van der Waals surface area contributed by atoms with E-state index in [0.717, 1.165) is 4.68 Å². The lowest BCUT2D eigenvalue weighted by Crippen LogP contribution is -2.39. The third-order valence-electron chi connectivity index (χ3n) is 1.74. The van der Waals surface area contributed by atoms with Crippen LogP contribution in [-0.4, -0.2) is 20.4 Å². The minimum absolute atomic E-state index is 0.411. The van der Waals surface area contributed by atoms with Crippen LogP contribution in [-0.2, 0) is 18.4 Å². The Labute approximate surface area is 93.2 Å². The number of aromatic nitrogens is 2. The van der Waals surface area contributed by atoms with E-state index in [9.17, 15) is 14.4 Å². The summed E-state index contributed by atoms with van der Waals surface area (Å²) in [5.41, 5.74) is -1.53. The maximum absolute atomic E-state index is 11.4. The van der Waals surface area contributed by atoms with E-state index >= 15 is 0 Å². The molecule has 1 aromatic rings. The Bertz CT molecular complexity index is 531. The second-order valence-corrected chi connectivity index (χ2v) is 3.47. The Kier molecular flexibility index (Phi) is 3.21. The quantitative estimate of drug-likeness (QED) is 0.800. The van der Waals surface area contributed by atoms with E-state index in [0.29, 0.717) is 4.68 Å². The van der Waals surface area contributed by atoms with Crippen molar-refractivity contribution in [3.8, 4) is 0 Å². The van der Waals surface area contributed by atoms with Crippen molar-refractivity contribution in [3.63, 3.8) is 0 Å². The van der Waals surface area contributed by atoms with Crippen molar-refractivity contribution >= 4 is 29.2 Å². The van der Waals surface area contributed by atoms with Crippen LogP contribution in [0, 0.1) is 0 Å². The third-order valence-corrected chi connectivity index (χ3v) is 2.54. The Morgan fingerprint density at radius 1 is 1.27 bits per heavy atom. The van der Waals surface area contributed by atoms with Gasteiger partial charge in [0.25, 0.3) is 11.1 Å². The van der Waals surface area contributed by atoms with E-state index in [4.69, 9.17) is 28.3 Å². The van der Waals surface area contributed by atoms with Gasteiger partial charge in [0, 0.05) is 7.05 Å². The average molecular weight is 253 g/mol. The van der Waals surface area contributed by atoms with Gasteiger partial charge in [0.15, 0.2) is 0 Å². The molecule has 0 aliphatic heterocycles. The molecule has 0 aliphatic rings. The number of carbonyl (C=O) groups is 1. The van der Waals surface area contributed by atoms with Crippen molar-refractivity contribution in [2.75, 3.05) is 0 Å². The van der Waals surface area contributed by atoms with E-state index in [1.165, 1.54) is 7.05 Å². The maximum Gasteiger partial charge on any atom is 0.325 e. The zero-order valence-electron chi connectivity index (χ0n) is 7.53. The lowest BCUT2D eigenvalue weighted by Gasteiger charge is -2.09. The molecule has 1 heterocycles. The molecule has 0 unspecified atom stereocenters. The van der Waals surface area contributed by atoms with Crippen LogP contribution in [0.15, 0.2) is 9.59 Å². The van der Waals surface area contributed by atoms with Crippen molar-refractivity contribution in [2.45, 2.75) is 6.54 Å². The van der Waals surface area contributed by atoms with E-state index < -0.39 is 33.7 Å². The summed E-state index contributed by atoms with van der Waals surface area (Å²) in [6.45, 7) is -0.651. The molecule has 0 aliphatic carbocycles. The number of hydrogen-bond acceptors (Lipinski definition) is 3. The van der Waals surface area contributed by atoms with Crippen LogP contribution >= 0.6 is 23.2 Å². The first-order valence-corrected chi connectivity index (χ1v) is 4.48. The summed E-state index contributed by atoms with van der Waals surface area (Å²) in [5, 5.41) is 7.63. The van der Waals surface area contributed by atoms with Crippen LogP contribution in [0.3, 0.4) is 0 Å². The molecule has 0 atom stereocenters. The molecule has 0 radical (unpaired) electrons. The van der Waals surface area contributed by atoms with Gasteiger partial charge >= 0.3 is 5.97 Å². The molecule has 15 heavy (non-hydrogen) atoms. The SMILES string of the molecule is Cn1c(=O)c(Cl)c(Cl)c(=O)n1CC(=O)O. The normalized spacial score (nSPS) is 10.3. The van der Waals surface area contributed by atoms with Gasteiger partial charge in [-0.25, -0.2) is 9.36 Å². The topological polar surface area (TPSA) is 81.3 Å². The summed E-state index contributed by atoms with van der Waals surface area (Å²) in [6.07, 6.45) is 0. The van der Waals surface area contributed by atoms with Crippen LogP contribution in [0.1, 0.15) is 0 Å². The first-order chi connectivity index (χ1) is 6.86. The van der Waals surface area contributed by atoms with Gasteiger partial charge in [-0.3, -0.25) is 14.4 Å². The molecule has 0 amide bonds. The molecule has 0 saturated carbocycles. The van der Waals surface area contributed by atoms with Gasteiger partial charge in [0.05, 0.1) is 0 Å². The lowest BCUT2D eigenvalue weighted by molar-refractivity contribution is -0.138. The van der Waals surface area contributed by atoms with Crippen LogP contribution in [0.4, 0.5) is 0 Å². The summed E-state index contributed by atoms with van der Waals surface area (Å²) in [6, 6.07) is 0. The van der Waals surface area contributed by atoms with E-state index in [-0.39, 0.29) is 0 Å². The highest BCUT2D eigenvalue weighted by Crippen LogP contribution is 2.11. The third kappa shape index (κ3) is 2.05. The first kappa shape index (κ1) is 11.8. The monoisotopic (exact) mass is 252 g/mol. The summed E-state index contributed by atoms with van der Waals surface area (Å²) in [4.78, 5) is 33.2. The number of carboxylic acid groups (broad SMARTS) is 1. The van der Waals surface area contributed by atoms with Crippen molar-refractivity contribution < 1.29 is 9.90 Å². The molecule has 0 bridgehead atoms. The van der Waals surface area contributed by atoms with Crippen molar-refractivity contribution in [1.82, 2.24) is 9.36 Å². The van der Waals surface area contributed by atoms with Gasteiger partial charge in [-0.15, -0.1) is 0 Å². The molecule has 0 spiro atoms. The number of rotatable bonds is 2. The van der Waals surface area contributed by atoms with Crippen LogP contribution in [0.2, 0.25) is 10.0 Å². The molecule has 0 aromatic carbocycles. The minimum atomic E-state index is -1.26. The summed E-state index contributed by atoms with van der Waals surface area (Å²) < 4.78 is 1.50. The van der Waals surface area contributed by atoms with Gasteiger partial charge in [0.2, 0.25) is 0 Å². The molecule has 6 nitrogen and oxygen atoms in total. The predicted molar refractivity (Wildman–Crippen MR) is 53.6 cm³/mol. The Morgan fingerprint density at radius 3 is 2.20 bits per heavy atom. The molecule has 1 rings (SSSR count). The zero-order valence-corrected chi connectivity index (χ0v) is 9.04. The largest absolute Gasteiger partial charge is 0.480 e. The second kappa shape index (κ2) is 4.08.